The Labute approximate surface area is 100 Å². The molecule has 3 N–H and O–H groups in total. The normalized spacial score (nSPS) is 18.0. The monoisotopic (exact) mass is 258 g/mol. The molecule has 0 saturated heterocycles. The highest BCUT2D eigenvalue weighted by Gasteiger charge is 2.41. The molecule has 0 unspecified atom stereocenters. The number of halogens is 1. The van der Waals surface area contributed by atoms with Crippen molar-refractivity contribution in [3.8, 4) is 0 Å². The van der Waals surface area contributed by atoms with Crippen molar-refractivity contribution >= 4 is 10.0 Å². The molecule has 0 spiro atoms. The number of nitrogens with one attached hydrogen (secondary N) is 1. The van der Waals surface area contributed by atoms with E-state index in [0.29, 0.717) is 13.1 Å². The van der Waals surface area contributed by atoms with Crippen LogP contribution in [0.3, 0.4) is 0 Å². The van der Waals surface area contributed by atoms with Gasteiger partial charge in [-0.1, -0.05) is 0 Å². The Morgan fingerprint density at radius 2 is 1.88 bits per heavy atom. The van der Waals surface area contributed by atoms with E-state index in [1.165, 1.54) is 12.1 Å². The third kappa shape index (κ3) is 2.83. The standard InChI is InChI=1S/C11H15FN2O2S/c12-9-1-3-10(4-2-9)17(15,16)14-8-11(7-13)5-6-11/h1-4,14H,5-8,13H2. The minimum absolute atomic E-state index is 0.0624. The first-order chi connectivity index (χ1) is 7.97. The maximum Gasteiger partial charge on any atom is 0.240 e. The van der Waals surface area contributed by atoms with Crippen LogP contribution in [-0.2, 0) is 10.0 Å². The fraction of sp³-hybridized carbons (Fsp3) is 0.455. The minimum atomic E-state index is -3.55. The molecule has 0 aromatic heterocycles. The summed E-state index contributed by atoms with van der Waals surface area (Å²) in [5.74, 6) is -0.454. The molecule has 0 radical (unpaired) electrons. The molecular formula is C11H15FN2O2S. The highest BCUT2D eigenvalue weighted by atomic mass is 32.2. The summed E-state index contributed by atoms with van der Waals surface area (Å²) < 4.78 is 38.9. The lowest BCUT2D eigenvalue weighted by Crippen LogP contribution is -2.33. The molecule has 6 heteroatoms. The molecule has 1 aliphatic carbocycles. The van der Waals surface area contributed by atoms with E-state index < -0.39 is 15.8 Å². The molecule has 0 heterocycles. The lowest BCUT2D eigenvalue weighted by atomic mass is 10.1. The maximum atomic E-state index is 12.7. The summed E-state index contributed by atoms with van der Waals surface area (Å²) in [6.07, 6.45) is 1.91. The minimum Gasteiger partial charge on any atom is -0.330 e. The Hall–Kier alpha value is -0.980. The van der Waals surface area contributed by atoms with Crippen molar-refractivity contribution in [3.63, 3.8) is 0 Å². The van der Waals surface area contributed by atoms with Crippen LogP contribution < -0.4 is 10.5 Å². The van der Waals surface area contributed by atoms with Gasteiger partial charge in [0.2, 0.25) is 10.0 Å². The molecule has 0 amide bonds. The van der Waals surface area contributed by atoms with E-state index >= 15 is 0 Å². The van der Waals surface area contributed by atoms with Gasteiger partial charge in [0.1, 0.15) is 5.82 Å². The highest BCUT2D eigenvalue weighted by Crippen LogP contribution is 2.43. The molecule has 1 saturated carbocycles. The predicted molar refractivity (Wildman–Crippen MR) is 62.3 cm³/mol. The quantitative estimate of drug-likeness (QED) is 0.822. The van der Waals surface area contributed by atoms with E-state index in [1.54, 1.807) is 0 Å². The Morgan fingerprint density at radius 1 is 1.29 bits per heavy atom. The van der Waals surface area contributed by atoms with Crippen LogP contribution >= 0.6 is 0 Å². The van der Waals surface area contributed by atoms with Crippen molar-refractivity contribution in [2.24, 2.45) is 11.1 Å². The smallest absolute Gasteiger partial charge is 0.240 e. The predicted octanol–water partition coefficient (Wildman–Crippen LogP) is 0.843. The van der Waals surface area contributed by atoms with Crippen molar-refractivity contribution in [3.05, 3.63) is 30.1 Å². The van der Waals surface area contributed by atoms with Gasteiger partial charge in [0.25, 0.3) is 0 Å². The van der Waals surface area contributed by atoms with E-state index in [-0.39, 0.29) is 10.3 Å². The summed E-state index contributed by atoms with van der Waals surface area (Å²) in [4.78, 5) is 0.0757. The van der Waals surface area contributed by atoms with E-state index in [1.807, 2.05) is 0 Å². The summed E-state index contributed by atoms with van der Waals surface area (Å²) in [6, 6.07) is 4.76. The van der Waals surface area contributed by atoms with E-state index in [2.05, 4.69) is 4.72 Å². The van der Waals surface area contributed by atoms with E-state index in [9.17, 15) is 12.8 Å². The maximum absolute atomic E-state index is 12.7. The summed E-state index contributed by atoms with van der Waals surface area (Å²) in [6.45, 7) is 0.835. The number of hydrogen-bond donors (Lipinski definition) is 2. The van der Waals surface area contributed by atoms with Crippen LogP contribution in [-0.4, -0.2) is 21.5 Å². The van der Waals surface area contributed by atoms with Crippen molar-refractivity contribution < 1.29 is 12.8 Å². The van der Waals surface area contributed by atoms with Gasteiger partial charge in [-0.05, 0) is 49.1 Å². The molecule has 1 aromatic carbocycles. The van der Waals surface area contributed by atoms with Gasteiger partial charge < -0.3 is 5.73 Å². The third-order valence-electron chi connectivity index (χ3n) is 3.15. The molecule has 1 aromatic rings. The second-order valence-corrected chi connectivity index (χ2v) is 6.25. The SMILES string of the molecule is NCC1(CNS(=O)(=O)c2ccc(F)cc2)CC1. The Morgan fingerprint density at radius 3 is 2.35 bits per heavy atom. The Kier molecular flexibility index (Phi) is 3.20. The molecule has 4 nitrogen and oxygen atoms in total. The lowest BCUT2D eigenvalue weighted by molar-refractivity contribution is 0.501. The zero-order valence-corrected chi connectivity index (χ0v) is 10.1. The van der Waals surface area contributed by atoms with Gasteiger partial charge in [-0.25, -0.2) is 17.5 Å². The van der Waals surface area contributed by atoms with Gasteiger partial charge in [-0.3, -0.25) is 0 Å². The second-order valence-electron chi connectivity index (χ2n) is 4.48. The van der Waals surface area contributed by atoms with Gasteiger partial charge in [-0.15, -0.1) is 0 Å². The van der Waals surface area contributed by atoms with Crippen LogP contribution in [0.15, 0.2) is 29.2 Å². The first-order valence-electron chi connectivity index (χ1n) is 5.43. The zero-order chi connectivity index (χ0) is 12.5. The lowest BCUT2D eigenvalue weighted by Gasteiger charge is -2.13. The van der Waals surface area contributed by atoms with Crippen LogP contribution in [0.4, 0.5) is 4.39 Å². The number of benzene rings is 1. The van der Waals surface area contributed by atoms with E-state index in [4.69, 9.17) is 5.73 Å². The first kappa shape index (κ1) is 12.5. The molecule has 17 heavy (non-hydrogen) atoms. The topological polar surface area (TPSA) is 72.2 Å². The molecule has 2 rings (SSSR count). The highest BCUT2D eigenvalue weighted by molar-refractivity contribution is 7.89. The van der Waals surface area contributed by atoms with Gasteiger partial charge >= 0.3 is 0 Å². The molecule has 0 atom stereocenters. The Bertz CT molecular complexity index is 495. The zero-order valence-electron chi connectivity index (χ0n) is 9.32. The number of sulfonamides is 1. The van der Waals surface area contributed by atoms with Gasteiger partial charge in [0, 0.05) is 6.54 Å². The summed E-state index contributed by atoms with van der Waals surface area (Å²) in [7, 11) is -3.55. The fourth-order valence-corrected chi connectivity index (χ4v) is 2.73. The molecule has 1 fully saturated rings. The average molecular weight is 258 g/mol. The van der Waals surface area contributed by atoms with Gasteiger partial charge in [0.05, 0.1) is 4.90 Å². The number of rotatable bonds is 5. The number of hydrogen-bond acceptors (Lipinski definition) is 3. The largest absolute Gasteiger partial charge is 0.330 e. The summed E-state index contributed by atoms with van der Waals surface area (Å²) in [5.41, 5.74) is 5.51. The Balaban J connectivity index is 2.06. The second kappa shape index (κ2) is 4.36. The molecule has 94 valence electrons. The first-order valence-corrected chi connectivity index (χ1v) is 6.91. The molecule has 0 aliphatic heterocycles. The van der Waals surface area contributed by atoms with Crippen LogP contribution in [0.1, 0.15) is 12.8 Å². The number of nitrogens with two attached hydrogens (primary N) is 1. The van der Waals surface area contributed by atoms with Crippen LogP contribution in [0.2, 0.25) is 0 Å². The van der Waals surface area contributed by atoms with Crippen LogP contribution in [0, 0.1) is 11.2 Å². The van der Waals surface area contributed by atoms with Crippen LogP contribution in [0.5, 0.6) is 0 Å². The van der Waals surface area contributed by atoms with Crippen molar-refractivity contribution in [1.29, 1.82) is 0 Å². The van der Waals surface area contributed by atoms with Crippen molar-refractivity contribution in [1.82, 2.24) is 4.72 Å². The van der Waals surface area contributed by atoms with E-state index in [0.717, 1.165) is 25.0 Å². The van der Waals surface area contributed by atoms with Crippen molar-refractivity contribution in [2.75, 3.05) is 13.1 Å². The molecule has 0 bridgehead atoms. The fourth-order valence-electron chi connectivity index (χ4n) is 1.58. The summed E-state index contributed by atoms with van der Waals surface area (Å²) >= 11 is 0. The van der Waals surface area contributed by atoms with Crippen molar-refractivity contribution in [2.45, 2.75) is 17.7 Å². The summed E-state index contributed by atoms with van der Waals surface area (Å²) in [5, 5.41) is 0. The molecule has 1 aliphatic rings. The van der Waals surface area contributed by atoms with Gasteiger partial charge in [-0.2, -0.15) is 0 Å². The van der Waals surface area contributed by atoms with Crippen LogP contribution in [0.25, 0.3) is 0 Å². The third-order valence-corrected chi connectivity index (χ3v) is 4.57. The molecular weight excluding hydrogens is 243 g/mol. The van der Waals surface area contributed by atoms with Gasteiger partial charge in [0.15, 0.2) is 0 Å². The average Bonchev–Trinajstić information content (AvgIpc) is 3.08.